The van der Waals surface area contributed by atoms with Crippen LogP contribution in [0.25, 0.3) is 0 Å². The summed E-state index contributed by atoms with van der Waals surface area (Å²) in [5.41, 5.74) is 0. The second-order valence-electron chi connectivity index (χ2n) is 2.79. The third-order valence-electron chi connectivity index (χ3n) is 2.10. The summed E-state index contributed by atoms with van der Waals surface area (Å²) in [7, 11) is -2.70. The molecule has 54 valence electrons. The normalized spacial score (nSPS) is 41.1. The summed E-state index contributed by atoms with van der Waals surface area (Å²) in [6.45, 7) is 3.58. The van der Waals surface area contributed by atoms with Crippen LogP contribution in [-0.4, -0.2) is 18.9 Å². The van der Waals surface area contributed by atoms with Crippen molar-refractivity contribution in [1.82, 2.24) is 0 Å². The van der Waals surface area contributed by atoms with Gasteiger partial charge in [-0.3, -0.25) is 0 Å². The second kappa shape index (κ2) is 1.97. The molecule has 0 N–H and O–H groups in total. The summed E-state index contributed by atoms with van der Waals surface area (Å²) < 4.78 is 22.2. The fourth-order valence-corrected chi connectivity index (χ4v) is 2.92. The molecule has 0 unspecified atom stereocenters. The van der Waals surface area contributed by atoms with Gasteiger partial charge < -0.3 is 0 Å². The van der Waals surface area contributed by atoms with E-state index in [1.165, 1.54) is 0 Å². The van der Waals surface area contributed by atoms with Gasteiger partial charge in [-0.25, -0.2) is 8.42 Å². The van der Waals surface area contributed by atoms with Crippen LogP contribution in [-0.2, 0) is 9.84 Å². The predicted molar refractivity (Wildman–Crippen MR) is 37.1 cm³/mol. The number of hydrogen-bond acceptors (Lipinski definition) is 2. The van der Waals surface area contributed by atoms with E-state index in [4.69, 9.17) is 0 Å². The largest absolute Gasteiger partial charge is 0.228 e. The summed E-state index contributed by atoms with van der Waals surface area (Å²) in [4.78, 5) is 0. The van der Waals surface area contributed by atoms with Gasteiger partial charge in [-0.15, -0.1) is 0 Å². The molecule has 9 heavy (non-hydrogen) atoms. The van der Waals surface area contributed by atoms with Gasteiger partial charge in [0.05, 0.1) is 10.5 Å². The minimum Gasteiger partial charge on any atom is -0.228 e. The van der Waals surface area contributed by atoms with Gasteiger partial charge in [0.25, 0.3) is 0 Å². The van der Waals surface area contributed by atoms with Crippen LogP contribution in [0.3, 0.4) is 0 Å². The Kier molecular flexibility index (Phi) is 1.55. The molecule has 0 bridgehead atoms. The summed E-state index contributed by atoms with van der Waals surface area (Å²) in [6.07, 6.45) is 1.70. The zero-order valence-electron chi connectivity index (χ0n) is 5.79. The fourth-order valence-electron chi connectivity index (χ4n) is 1.19. The van der Waals surface area contributed by atoms with Gasteiger partial charge in [0.2, 0.25) is 0 Å². The molecule has 0 aliphatic carbocycles. The molecular formula is C6H12O2S. The van der Waals surface area contributed by atoms with Crippen LogP contribution in [0.4, 0.5) is 0 Å². The van der Waals surface area contributed by atoms with E-state index in [0.717, 1.165) is 12.8 Å². The summed E-state index contributed by atoms with van der Waals surface area (Å²) >= 11 is 0. The van der Waals surface area contributed by atoms with Crippen LogP contribution >= 0.6 is 0 Å². The summed E-state index contributed by atoms with van der Waals surface area (Å²) in [5.74, 6) is 0. The molecule has 0 aromatic carbocycles. The SMILES string of the molecule is C[C@@H]1CC[C@@H](C)S1(=O)=O. The van der Waals surface area contributed by atoms with Crippen LogP contribution in [0, 0.1) is 0 Å². The summed E-state index contributed by atoms with van der Waals surface area (Å²) in [5, 5.41) is -0.181. The lowest BCUT2D eigenvalue weighted by Gasteiger charge is -2.02. The Balaban J connectivity index is 2.93. The Morgan fingerprint density at radius 3 is 1.56 bits per heavy atom. The lowest BCUT2D eigenvalue weighted by Crippen LogP contribution is -2.17. The van der Waals surface area contributed by atoms with Crippen molar-refractivity contribution in [2.45, 2.75) is 37.2 Å². The van der Waals surface area contributed by atoms with Crippen LogP contribution in [0.15, 0.2) is 0 Å². The van der Waals surface area contributed by atoms with E-state index >= 15 is 0 Å². The van der Waals surface area contributed by atoms with Gasteiger partial charge in [0, 0.05) is 0 Å². The highest BCUT2D eigenvalue weighted by atomic mass is 32.2. The molecule has 0 amide bonds. The third-order valence-corrected chi connectivity index (χ3v) is 4.82. The lowest BCUT2D eigenvalue weighted by atomic mass is 10.2. The highest BCUT2D eigenvalue weighted by molar-refractivity contribution is 7.92. The molecule has 0 saturated carbocycles. The van der Waals surface area contributed by atoms with E-state index in [9.17, 15) is 8.42 Å². The Morgan fingerprint density at radius 2 is 1.44 bits per heavy atom. The van der Waals surface area contributed by atoms with Gasteiger partial charge in [-0.2, -0.15) is 0 Å². The minimum atomic E-state index is -2.70. The first-order chi connectivity index (χ1) is 4.05. The van der Waals surface area contributed by atoms with Crippen molar-refractivity contribution < 1.29 is 8.42 Å². The van der Waals surface area contributed by atoms with Crippen molar-refractivity contribution in [2.24, 2.45) is 0 Å². The van der Waals surface area contributed by atoms with E-state index in [2.05, 4.69) is 0 Å². The van der Waals surface area contributed by atoms with E-state index in [-0.39, 0.29) is 10.5 Å². The molecule has 1 aliphatic heterocycles. The Hall–Kier alpha value is -0.0500. The van der Waals surface area contributed by atoms with Crippen LogP contribution in [0.2, 0.25) is 0 Å². The van der Waals surface area contributed by atoms with E-state index in [0.29, 0.717) is 0 Å². The maximum atomic E-state index is 11.1. The van der Waals surface area contributed by atoms with Crippen molar-refractivity contribution in [3.63, 3.8) is 0 Å². The second-order valence-corrected chi connectivity index (χ2v) is 5.58. The highest BCUT2D eigenvalue weighted by Crippen LogP contribution is 2.25. The topological polar surface area (TPSA) is 34.1 Å². The maximum absolute atomic E-state index is 11.1. The van der Waals surface area contributed by atoms with E-state index < -0.39 is 9.84 Å². The van der Waals surface area contributed by atoms with Crippen LogP contribution in [0.1, 0.15) is 26.7 Å². The van der Waals surface area contributed by atoms with Gasteiger partial charge in [0.1, 0.15) is 0 Å². The molecule has 1 aliphatic rings. The molecule has 1 rings (SSSR count). The molecule has 2 atom stereocenters. The number of sulfone groups is 1. The molecular weight excluding hydrogens is 136 g/mol. The first-order valence-corrected chi connectivity index (χ1v) is 4.89. The lowest BCUT2D eigenvalue weighted by molar-refractivity contribution is 0.587. The van der Waals surface area contributed by atoms with Gasteiger partial charge in [-0.1, -0.05) is 0 Å². The van der Waals surface area contributed by atoms with Gasteiger partial charge in [0.15, 0.2) is 9.84 Å². The average Bonchev–Trinajstić information content (AvgIpc) is 1.96. The molecule has 1 fully saturated rings. The molecule has 0 aromatic heterocycles. The molecule has 0 aromatic rings. The smallest absolute Gasteiger partial charge is 0.155 e. The standard InChI is InChI=1S/C6H12O2S/c1-5-3-4-6(2)9(5,7)8/h5-6H,3-4H2,1-2H3/t5-,6-/m1/s1. The Bertz CT molecular complexity index is 177. The number of rotatable bonds is 0. The molecule has 3 heteroatoms. The monoisotopic (exact) mass is 148 g/mol. The molecule has 0 spiro atoms. The summed E-state index contributed by atoms with van der Waals surface area (Å²) in [6, 6.07) is 0. The van der Waals surface area contributed by atoms with Crippen molar-refractivity contribution in [3.05, 3.63) is 0 Å². The average molecular weight is 148 g/mol. The fraction of sp³-hybridized carbons (Fsp3) is 1.00. The van der Waals surface area contributed by atoms with Gasteiger partial charge >= 0.3 is 0 Å². The predicted octanol–water partition coefficient (Wildman–Crippen LogP) is 0.972. The van der Waals surface area contributed by atoms with Crippen molar-refractivity contribution in [2.75, 3.05) is 0 Å². The van der Waals surface area contributed by atoms with E-state index in [1.807, 2.05) is 0 Å². The van der Waals surface area contributed by atoms with Gasteiger partial charge in [-0.05, 0) is 26.7 Å². The highest BCUT2D eigenvalue weighted by Gasteiger charge is 2.34. The minimum absolute atomic E-state index is 0.0903. The quantitative estimate of drug-likeness (QED) is 0.513. The van der Waals surface area contributed by atoms with Crippen molar-refractivity contribution in [1.29, 1.82) is 0 Å². The zero-order chi connectivity index (χ0) is 7.07. The third kappa shape index (κ3) is 0.980. The Morgan fingerprint density at radius 1 is 1.11 bits per heavy atom. The molecule has 1 saturated heterocycles. The molecule has 0 radical (unpaired) electrons. The number of hydrogen-bond donors (Lipinski definition) is 0. The first-order valence-electron chi connectivity index (χ1n) is 3.28. The Labute approximate surface area is 56.2 Å². The van der Waals surface area contributed by atoms with Crippen molar-refractivity contribution in [3.8, 4) is 0 Å². The van der Waals surface area contributed by atoms with Crippen LogP contribution in [0.5, 0.6) is 0 Å². The molecule has 2 nitrogen and oxygen atoms in total. The zero-order valence-corrected chi connectivity index (χ0v) is 6.61. The first kappa shape index (κ1) is 7.06. The molecule has 1 heterocycles. The van der Waals surface area contributed by atoms with E-state index in [1.54, 1.807) is 13.8 Å². The van der Waals surface area contributed by atoms with Crippen molar-refractivity contribution >= 4 is 9.84 Å². The van der Waals surface area contributed by atoms with Crippen LogP contribution < -0.4 is 0 Å². The maximum Gasteiger partial charge on any atom is 0.155 e.